The third kappa shape index (κ3) is 2.52. The summed E-state index contributed by atoms with van der Waals surface area (Å²) in [5.41, 5.74) is 6.86. The maximum absolute atomic E-state index is 5.68. The predicted octanol–water partition coefficient (Wildman–Crippen LogP) is 2.51. The molecule has 0 aliphatic heterocycles. The van der Waals surface area contributed by atoms with Crippen molar-refractivity contribution < 1.29 is 9.15 Å². The van der Waals surface area contributed by atoms with Crippen molar-refractivity contribution in [2.75, 3.05) is 5.73 Å². The largest absolute Gasteiger partial charge is 0.443 e. The van der Waals surface area contributed by atoms with Gasteiger partial charge >= 0.3 is 0 Å². The summed E-state index contributed by atoms with van der Waals surface area (Å²) in [6.45, 7) is 0. The van der Waals surface area contributed by atoms with E-state index in [1.807, 2.05) is 0 Å². The number of anilines is 1. The number of oxazole rings is 1. The monoisotopic (exact) mass is 254 g/mol. The zero-order chi connectivity index (χ0) is 13.1. The molecule has 0 unspecified atom stereocenters. The molecule has 3 rings (SSSR count). The molecule has 0 saturated carbocycles. The first-order valence-corrected chi connectivity index (χ1v) is 5.56. The summed E-state index contributed by atoms with van der Waals surface area (Å²) in [5.74, 6) is 1.42. The molecule has 3 aromatic rings. The van der Waals surface area contributed by atoms with Gasteiger partial charge in [-0.3, -0.25) is 0 Å². The maximum Gasteiger partial charge on any atom is 0.245 e. The Labute approximate surface area is 108 Å². The lowest BCUT2D eigenvalue weighted by Gasteiger charge is -2.05. The summed E-state index contributed by atoms with van der Waals surface area (Å²) in [4.78, 5) is 12.1. The van der Waals surface area contributed by atoms with Gasteiger partial charge in [-0.15, -0.1) is 0 Å². The first kappa shape index (κ1) is 11.2. The fourth-order valence-corrected chi connectivity index (χ4v) is 1.56. The zero-order valence-corrected chi connectivity index (χ0v) is 9.85. The third-order valence-corrected chi connectivity index (χ3v) is 2.37. The fourth-order valence-electron chi connectivity index (χ4n) is 1.56. The minimum absolute atomic E-state index is 0.397. The molecule has 94 valence electrons. The second-order valence-corrected chi connectivity index (χ2v) is 3.75. The van der Waals surface area contributed by atoms with Crippen molar-refractivity contribution in [2.24, 2.45) is 0 Å². The van der Waals surface area contributed by atoms with E-state index < -0.39 is 0 Å². The van der Waals surface area contributed by atoms with E-state index in [0.29, 0.717) is 28.9 Å². The molecule has 0 bridgehead atoms. The Morgan fingerprint density at radius 2 is 2.05 bits per heavy atom. The molecule has 2 aromatic heterocycles. The van der Waals surface area contributed by atoms with Crippen molar-refractivity contribution in [2.45, 2.75) is 0 Å². The van der Waals surface area contributed by atoms with Gasteiger partial charge in [0.2, 0.25) is 11.8 Å². The van der Waals surface area contributed by atoms with Crippen molar-refractivity contribution in [3.8, 4) is 23.2 Å². The van der Waals surface area contributed by atoms with E-state index in [9.17, 15) is 0 Å². The lowest BCUT2D eigenvalue weighted by Crippen LogP contribution is -1.92. The van der Waals surface area contributed by atoms with Crippen LogP contribution in [0.3, 0.4) is 0 Å². The van der Waals surface area contributed by atoms with Crippen molar-refractivity contribution in [3.05, 3.63) is 49.1 Å². The number of hydrogen-bond acceptors (Lipinski definition) is 6. The van der Waals surface area contributed by atoms with Gasteiger partial charge < -0.3 is 14.9 Å². The minimum Gasteiger partial charge on any atom is -0.443 e. The lowest BCUT2D eigenvalue weighted by atomic mass is 10.3. The highest BCUT2D eigenvalue weighted by molar-refractivity contribution is 5.49. The van der Waals surface area contributed by atoms with Crippen LogP contribution in [0.25, 0.3) is 11.6 Å². The van der Waals surface area contributed by atoms with Crippen LogP contribution in [0, 0.1) is 0 Å². The number of nitrogen functional groups attached to an aromatic ring is 1. The molecule has 6 heteroatoms. The molecule has 19 heavy (non-hydrogen) atoms. The molecule has 0 saturated heterocycles. The van der Waals surface area contributed by atoms with Crippen LogP contribution in [0.5, 0.6) is 11.6 Å². The number of hydrogen-bond donors (Lipinski definition) is 1. The molecule has 0 spiro atoms. The third-order valence-electron chi connectivity index (χ3n) is 2.37. The quantitative estimate of drug-likeness (QED) is 0.722. The normalized spacial score (nSPS) is 10.3. The molecule has 0 aliphatic carbocycles. The molecule has 0 aliphatic rings. The lowest BCUT2D eigenvalue weighted by molar-refractivity contribution is 0.461. The summed E-state index contributed by atoms with van der Waals surface area (Å²) in [7, 11) is 0. The Bertz CT molecular complexity index is 683. The van der Waals surface area contributed by atoms with Gasteiger partial charge in [0.1, 0.15) is 24.0 Å². The smallest absolute Gasteiger partial charge is 0.245 e. The van der Waals surface area contributed by atoms with Gasteiger partial charge in [0.15, 0.2) is 0 Å². The second kappa shape index (κ2) is 4.77. The molecular formula is C13H10N4O2. The Morgan fingerprint density at radius 1 is 1.11 bits per heavy atom. The van der Waals surface area contributed by atoms with Crippen LogP contribution in [0.4, 0.5) is 5.69 Å². The van der Waals surface area contributed by atoms with Gasteiger partial charge in [0.05, 0.1) is 6.20 Å². The van der Waals surface area contributed by atoms with Gasteiger partial charge in [-0.25, -0.2) is 15.0 Å². The fraction of sp³-hybridized carbons (Fsp3) is 0. The van der Waals surface area contributed by atoms with E-state index >= 15 is 0 Å². The van der Waals surface area contributed by atoms with Crippen LogP contribution in [0.2, 0.25) is 0 Å². The van der Waals surface area contributed by atoms with Gasteiger partial charge in [-0.05, 0) is 12.1 Å². The second-order valence-electron chi connectivity index (χ2n) is 3.75. The van der Waals surface area contributed by atoms with Crippen LogP contribution in [0.1, 0.15) is 0 Å². The number of aromatic nitrogens is 3. The number of ether oxygens (including phenoxy) is 1. The summed E-state index contributed by atoms with van der Waals surface area (Å²) >= 11 is 0. The van der Waals surface area contributed by atoms with Crippen LogP contribution < -0.4 is 10.5 Å². The first-order chi connectivity index (χ1) is 9.31. The first-order valence-electron chi connectivity index (χ1n) is 5.56. The minimum atomic E-state index is 0.397. The maximum atomic E-state index is 5.68. The van der Waals surface area contributed by atoms with E-state index in [2.05, 4.69) is 15.0 Å². The molecule has 0 radical (unpaired) electrons. The topological polar surface area (TPSA) is 87.1 Å². The summed E-state index contributed by atoms with van der Waals surface area (Å²) < 4.78 is 10.8. The van der Waals surface area contributed by atoms with Crippen molar-refractivity contribution in [3.63, 3.8) is 0 Å². The van der Waals surface area contributed by atoms with E-state index in [1.165, 1.54) is 12.6 Å². The number of nitrogens with zero attached hydrogens (tertiary/aromatic N) is 3. The molecule has 0 amide bonds. The summed E-state index contributed by atoms with van der Waals surface area (Å²) in [6.07, 6.45) is 4.42. The van der Waals surface area contributed by atoms with Crippen LogP contribution >= 0.6 is 0 Å². The molecule has 0 fully saturated rings. The van der Waals surface area contributed by atoms with E-state index in [4.69, 9.17) is 14.9 Å². The molecule has 2 heterocycles. The molecule has 0 atom stereocenters. The Balaban J connectivity index is 1.88. The standard InChI is InChI=1S/C13H10N4O2/c14-9-2-1-3-10(6-9)19-12-7-11(16-8-17-12)13-15-4-5-18-13/h1-8H,14H2. The zero-order valence-electron chi connectivity index (χ0n) is 9.85. The average molecular weight is 254 g/mol. The summed E-state index contributed by atoms with van der Waals surface area (Å²) in [6, 6.07) is 8.75. The number of rotatable bonds is 3. The molecule has 1 aromatic carbocycles. The predicted molar refractivity (Wildman–Crippen MR) is 68.5 cm³/mol. The Morgan fingerprint density at radius 3 is 2.84 bits per heavy atom. The number of nitrogens with two attached hydrogens (primary N) is 1. The van der Waals surface area contributed by atoms with Gasteiger partial charge in [0, 0.05) is 17.8 Å². The highest BCUT2D eigenvalue weighted by Crippen LogP contribution is 2.23. The van der Waals surface area contributed by atoms with Crippen LogP contribution in [-0.2, 0) is 0 Å². The van der Waals surface area contributed by atoms with Gasteiger partial charge in [0.25, 0.3) is 0 Å². The molecule has 6 nitrogen and oxygen atoms in total. The average Bonchev–Trinajstić information content (AvgIpc) is 2.93. The van der Waals surface area contributed by atoms with Crippen molar-refractivity contribution >= 4 is 5.69 Å². The highest BCUT2D eigenvalue weighted by Gasteiger charge is 2.07. The van der Waals surface area contributed by atoms with E-state index in [-0.39, 0.29) is 0 Å². The van der Waals surface area contributed by atoms with Gasteiger partial charge in [-0.2, -0.15) is 0 Å². The van der Waals surface area contributed by atoms with Crippen molar-refractivity contribution in [1.82, 2.24) is 15.0 Å². The summed E-state index contributed by atoms with van der Waals surface area (Å²) in [5, 5.41) is 0. The molecular weight excluding hydrogens is 244 g/mol. The van der Waals surface area contributed by atoms with E-state index in [1.54, 1.807) is 36.5 Å². The molecule has 2 N–H and O–H groups in total. The number of benzene rings is 1. The van der Waals surface area contributed by atoms with E-state index in [0.717, 1.165) is 0 Å². The Hall–Kier alpha value is -2.89. The van der Waals surface area contributed by atoms with Crippen molar-refractivity contribution in [1.29, 1.82) is 0 Å². The highest BCUT2D eigenvalue weighted by atomic mass is 16.5. The van der Waals surface area contributed by atoms with Gasteiger partial charge in [-0.1, -0.05) is 6.07 Å². The van der Waals surface area contributed by atoms with Crippen LogP contribution in [-0.4, -0.2) is 15.0 Å². The Kier molecular flexibility index (Phi) is 2.82. The van der Waals surface area contributed by atoms with Crippen LogP contribution in [0.15, 0.2) is 53.5 Å². The SMILES string of the molecule is Nc1cccc(Oc2cc(-c3ncco3)ncn2)c1.